The number of carboxylic acids is 1. The number of carbonyl (C=O) groups excluding carboxylic acids is 2. The summed E-state index contributed by atoms with van der Waals surface area (Å²) in [4.78, 5) is 37.2. The van der Waals surface area contributed by atoms with Crippen LogP contribution in [0.25, 0.3) is 11.1 Å². The maximum atomic E-state index is 12.4. The fourth-order valence-corrected chi connectivity index (χ4v) is 5.03. The molecule has 186 valence electrons. The number of benzene rings is 2. The molecular weight excluding hydrogens is 444 g/mol. The Bertz CT molecular complexity index is 1040. The van der Waals surface area contributed by atoms with Gasteiger partial charge in [0.1, 0.15) is 6.61 Å². The Morgan fingerprint density at radius 3 is 2.20 bits per heavy atom. The molecule has 1 saturated heterocycles. The Morgan fingerprint density at radius 2 is 1.60 bits per heavy atom. The van der Waals surface area contributed by atoms with Crippen molar-refractivity contribution in [2.45, 2.75) is 45.4 Å². The number of carbonyl (C=O) groups is 3. The van der Waals surface area contributed by atoms with Gasteiger partial charge in [-0.1, -0.05) is 62.4 Å². The average molecular weight is 479 g/mol. The first-order valence-electron chi connectivity index (χ1n) is 12.3. The second-order valence-electron chi connectivity index (χ2n) is 10.4. The third-order valence-corrected chi connectivity index (χ3v) is 7.20. The highest BCUT2D eigenvalue weighted by molar-refractivity contribution is 5.79. The van der Waals surface area contributed by atoms with E-state index >= 15 is 0 Å². The minimum Gasteiger partial charge on any atom is -0.481 e. The van der Waals surface area contributed by atoms with E-state index in [0.29, 0.717) is 32.5 Å². The number of fused-ring (bicyclic) bond motifs is 3. The summed E-state index contributed by atoms with van der Waals surface area (Å²) < 4.78 is 5.59. The van der Waals surface area contributed by atoms with E-state index in [1.54, 1.807) is 4.90 Å². The van der Waals surface area contributed by atoms with Crippen LogP contribution in [0.5, 0.6) is 0 Å². The lowest BCUT2D eigenvalue weighted by atomic mass is 9.84. The third kappa shape index (κ3) is 6.02. The number of nitrogens with one attached hydrogen (secondary N) is 1. The van der Waals surface area contributed by atoms with Gasteiger partial charge in [0.15, 0.2) is 0 Å². The summed E-state index contributed by atoms with van der Waals surface area (Å²) in [5.41, 5.74) is 4.65. The van der Waals surface area contributed by atoms with Crippen molar-refractivity contribution in [2.24, 2.45) is 11.3 Å². The number of nitrogens with zero attached hydrogens (tertiary/aromatic N) is 1. The molecule has 1 fully saturated rings. The average Bonchev–Trinajstić information content (AvgIpc) is 3.12. The first-order chi connectivity index (χ1) is 16.7. The van der Waals surface area contributed by atoms with Crippen molar-refractivity contribution in [3.05, 3.63) is 59.7 Å². The first kappa shape index (κ1) is 24.8. The van der Waals surface area contributed by atoms with Crippen LogP contribution in [-0.4, -0.2) is 54.2 Å². The zero-order chi connectivity index (χ0) is 25.0. The molecule has 0 unspecified atom stereocenters. The van der Waals surface area contributed by atoms with Crippen LogP contribution in [0.4, 0.5) is 4.79 Å². The van der Waals surface area contributed by atoms with Crippen LogP contribution in [0.3, 0.4) is 0 Å². The molecule has 0 atom stereocenters. The van der Waals surface area contributed by atoms with Gasteiger partial charge in [-0.25, -0.2) is 4.79 Å². The molecule has 7 nitrogen and oxygen atoms in total. The lowest BCUT2D eigenvalue weighted by molar-refractivity contribution is -0.145. The monoisotopic (exact) mass is 478 g/mol. The molecule has 2 aromatic rings. The summed E-state index contributed by atoms with van der Waals surface area (Å²) >= 11 is 0. The number of likely N-dealkylation sites (tertiary alicyclic amines) is 1. The molecule has 0 saturated carbocycles. The molecule has 0 radical (unpaired) electrons. The Kier molecular flexibility index (Phi) is 7.43. The number of rotatable bonds is 10. The highest BCUT2D eigenvalue weighted by Gasteiger charge is 2.33. The maximum Gasteiger partial charge on any atom is 0.407 e. The Balaban J connectivity index is 1.17. The van der Waals surface area contributed by atoms with Gasteiger partial charge in [0.25, 0.3) is 0 Å². The van der Waals surface area contributed by atoms with Crippen molar-refractivity contribution in [2.75, 3.05) is 26.2 Å². The molecule has 7 heteroatoms. The largest absolute Gasteiger partial charge is 0.481 e. The van der Waals surface area contributed by atoms with E-state index in [-0.39, 0.29) is 36.2 Å². The van der Waals surface area contributed by atoms with E-state index in [1.807, 2.05) is 24.3 Å². The van der Waals surface area contributed by atoms with Gasteiger partial charge in [-0.3, -0.25) is 9.59 Å². The molecule has 35 heavy (non-hydrogen) atoms. The molecule has 0 aromatic heterocycles. The number of alkyl carbamates (subject to hydrolysis) is 1. The highest BCUT2D eigenvalue weighted by Crippen LogP contribution is 2.44. The molecule has 2 N–H and O–H groups in total. The number of amides is 2. The van der Waals surface area contributed by atoms with Crippen LogP contribution in [0.1, 0.15) is 56.6 Å². The van der Waals surface area contributed by atoms with Gasteiger partial charge in [-0.15, -0.1) is 0 Å². The second-order valence-corrected chi connectivity index (χ2v) is 10.4. The number of carboxylic acid groups (broad SMARTS) is 1. The van der Waals surface area contributed by atoms with Gasteiger partial charge in [-0.05, 0) is 40.5 Å². The van der Waals surface area contributed by atoms with Crippen molar-refractivity contribution in [1.82, 2.24) is 10.2 Å². The molecule has 4 rings (SSSR count). The van der Waals surface area contributed by atoms with Crippen LogP contribution in [0.2, 0.25) is 0 Å². The summed E-state index contributed by atoms with van der Waals surface area (Å²) in [7, 11) is 0. The molecule has 2 aliphatic rings. The molecule has 0 spiro atoms. The molecule has 0 bridgehead atoms. The second kappa shape index (κ2) is 10.5. The third-order valence-electron chi connectivity index (χ3n) is 7.20. The van der Waals surface area contributed by atoms with E-state index in [9.17, 15) is 14.4 Å². The van der Waals surface area contributed by atoms with Gasteiger partial charge >= 0.3 is 12.1 Å². The van der Waals surface area contributed by atoms with Gasteiger partial charge in [0.05, 0.1) is 6.42 Å². The van der Waals surface area contributed by atoms with E-state index in [4.69, 9.17) is 9.84 Å². The van der Waals surface area contributed by atoms with Gasteiger partial charge < -0.3 is 20.1 Å². The molecule has 2 aromatic carbocycles. The highest BCUT2D eigenvalue weighted by atomic mass is 16.5. The number of hydrogen-bond donors (Lipinski definition) is 2. The van der Waals surface area contributed by atoms with Gasteiger partial charge in [0.2, 0.25) is 5.91 Å². The zero-order valence-corrected chi connectivity index (χ0v) is 20.5. The van der Waals surface area contributed by atoms with Crippen molar-refractivity contribution < 1.29 is 24.2 Å². The van der Waals surface area contributed by atoms with Gasteiger partial charge in [0, 0.05) is 37.9 Å². The van der Waals surface area contributed by atoms with E-state index in [1.165, 1.54) is 22.3 Å². The van der Waals surface area contributed by atoms with E-state index in [0.717, 1.165) is 6.42 Å². The predicted octanol–water partition coefficient (Wildman–Crippen LogP) is 4.65. The van der Waals surface area contributed by atoms with Crippen molar-refractivity contribution in [3.8, 4) is 11.1 Å². The summed E-state index contributed by atoms with van der Waals surface area (Å²) in [5, 5.41) is 11.7. The van der Waals surface area contributed by atoms with Crippen molar-refractivity contribution in [1.29, 1.82) is 0 Å². The van der Waals surface area contributed by atoms with Crippen LogP contribution in [-0.2, 0) is 14.3 Å². The first-order valence-corrected chi connectivity index (χ1v) is 12.3. The molecule has 1 heterocycles. The minimum absolute atomic E-state index is 0.0344. The fourth-order valence-electron chi connectivity index (χ4n) is 5.03. The van der Waals surface area contributed by atoms with Crippen LogP contribution < -0.4 is 5.32 Å². The quantitative estimate of drug-likeness (QED) is 0.518. The standard InChI is InChI=1S/C28H34N2O5/c1-28(2,12-11-25(31)30-16-19(17-30)15-26(32)33)13-14-29-27(34)35-18-24-22-9-5-3-7-20(22)21-8-4-6-10-23(21)24/h3-10,19,24H,11-18H2,1-2H3,(H,29,34)(H,32,33). The predicted molar refractivity (Wildman–Crippen MR) is 133 cm³/mol. The molecule has 1 aliphatic heterocycles. The maximum absolute atomic E-state index is 12.4. The number of aliphatic carboxylic acids is 1. The minimum atomic E-state index is -0.813. The molecule has 2 amide bonds. The topological polar surface area (TPSA) is 95.9 Å². The zero-order valence-electron chi connectivity index (χ0n) is 20.5. The summed E-state index contributed by atoms with van der Waals surface area (Å²) in [5.74, 6) is -0.630. The van der Waals surface area contributed by atoms with Gasteiger partial charge in [-0.2, -0.15) is 0 Å². The lowest BCUT2D eigenvalue weighted by Gasteiger charge is -2.39. The number of ether oxygens (including phenoxy) is 1. The normalized spacial score (nSPS) is 15.2. The Labute approximate surface area is 206 Å². The van der Waals surface area contributed by atoms with Crippen molar-refractivity contribution in [3.63, 3.8) is 0 Å². The number of hydrogen-bond acceptors (Lipinski definition) is 4. The Morgan fingerprint density at radius 1 is 1.00 bits per heavy atom. The SMILES string of the molecule is CC(C)(CCNC(=O)OCC1c2ccccc2-c2ccccc21)CCC(=O)N1CC(CC(=O)O)C1. The summed E-state index contributed by atoms with van der Waals surface area (Å²) in [6, 6.07) is 16.5. The summed E-state index contributed by atoms with van der Waals surface area (Å²) in [6.45, 7) is 6.01. The van der Waals surface area contributed by atoms with E-state index in [2.05, 4.69) is 43.4 Å². The molecule has 1 aliphatic carbocycles. The molecular formula is C28H34N2O5. The summed E-state index contributed by atoms with van der Waals surface area (Å²) in [6.07, 6.45) is 1.56. The Hall–Kier alpha value is -3.35. The lowest BCUT2D eigenvalue weighted by Crippen LogP contribution is -2.50. The fraction of sp³-hybridized carbons (Fsp3) is 0.464. The van der Waals surface area contributed by atoms with Crippen LogP contribution in [0, 0.1) is 11.3 Å². The van der Waals surface area contributed by atoms with Crippen LogP contribution in [0.15, 0.2) is 48.5 Å². The van der Waals surface area contributed by atoms with Crippen molar-refractivity contribution >= 4 is 18.0 Å². The van der Waals surface area contributed by atoms with Crippen LogP contribution >= 0.6 is 0 Å². The smallest absolute Gasteiger partial charge is 0.407 e. The van der Waals surface area contributed by atoms with E-state index < -0.39 is 12.1 Å².